The molecular formula is C22H29N5O6S. The van der Waals surface area contributed by atoms with E-state index in [2.05, 4.69) is 16.0 Å². The summed E-state index contributed by atoms with van der Waals surface area (Å²) in [6, 6.07) is 8.76. The molecule has 0 unspecified atom stereocenters. The van der Waals surface area contributed by atoms with E-state index in [1.807, 2.05) is 0 Å². The van der Waals surface area contributed by atoms with Crippen molar-refractivity contribution in [3.05, 3.63) is 52.1 Å². The fraction of sp³-hybridized carbons (Fsp3) is 0.409. The molecular weight excluding hydrogens is 462 g/mol. The Morgan fingerprint density at radius 2 is 1.79 bits per heavy atom. The third-order valence-electron chi connectivity index (χ3n) is 5.52. The standard InChI is InChI=1S/C22H29N5O6S/c1-16-5-7-18(34(32,33)26-10-3-2-4-11-26)14-20(16)25-22(29)15-24-21-13-17(27(30)31)6-8-19(21)23-9-12-28/h5-8,13-14,23-24,28H,2-4,9-12,15H2,1H3,(H,25,29). The van der Waals surface area contributed by atoms with Gasteiger partial charge in [0, 0.05) is 37.5 Å². The van der Waals surface area contributed by atoms with Crippen LogP contribution in [0.25, 0.3) is 0 Å². The molecule has 0 aliphatic carbocycles. The van der Waals surface area contributed by atoms with E-state index in [4.69, 9.17) is 5.11 Å². The number of nitrogens with zero attached hydrogens (tertiary/aromatic N) is 2. The van der Waals surface area contributed by atoms with Gasteiger partial charge in [0.2, 0.25) is 15.9 Å². The molecule has 0 bridgehead atoms. The molecule has 0 aromatic heterocycles. The molecule has 2 aromatic carbocycles. The number of carbonyl (C=O) groups is 1. The van der Waals surface area contributed by atoms with Crippen LogP contribution in [0.5, 0.6) is 0 Å². The number of rotatable bonds is 10. The SMILES string of the molecule is Cc1ccc(S(=O)(=O)N2CCCCC2)cc1NC(=O)CNc1cc([N+](=O)[O-])ccc1NCCO. The Labute approximate surface area is 198 Å². The van der Waals surface area contributed by atoms with Crippen LogP contribution in [0, 0.1) is 17.0 Å². The number of hydrogen-bond donors (Lipinski definition) is 4. The molecule has 34 heavy (non-hydrogen) atoms. The summed E-state index contributed by atoms with van der Waals surface area (Å²) in [4.78, 5) is 23.3. The summed E-state index contributed by atoms with van der Waals surface area (Å²) >= 11 is 0. The molecule has 0 radical (unpaired) electrons. The maximum Gasteiger partial charge on any atom is 0.271 e. The van der Waals surface area contributed by atoms with Crippen molar-refractivity contribution in [1.29, 1.82) is 0 Å². The first-order chi connectivity index (χ1) is 16.2. The van der Waals surface area contributed by atoms with Crippen LogP contribution in [0.15, 0.2) is 41.3 Å². The number of aliphatic hydroxyl groups is 1. The van der Waals surface area contributed by atoms with E-state index in [0.29, 0.717) is 35.7 Å². The van der Waals surface area contributed by atoms with Crippen LogP contribution < -0.4 is 16.0 Å². The highest BCUT2D eigenvalue weighted by molar-refractivity contribution is 7.89. The molecule has 3 rings (SSSR count). The molecule has 4 N–H and O–H groups in total. The van der Waals surface area contributed by atoms with Gasteiger partial charge in [0.05, 0.1) is 34.3 Å². The van der Waals surface area contributed by atoms with Crippen molar-refractivity contribution in [3.8, 4) is 0 Å². The summed E-state index contributed by atoms with van der Waals surface area (Å²) in [5.41, 5.74) is 1.76. The minimum Gasteiger partial charge on any atom is -0.395 e. The second kappa shape index (κ2) is 11.3. The first-order valence-corrected chi connectivity index (χ1v) is 12.4. The van der Waals surface area contributed by atoms with E-state index in [1.54, 1.807) is 13.0 Å². The second-order valence-corrected chi connectivity index (χ2v) is 9.92. The number of carbonyl (C=O) groups excluding carboxylic acids is 1. The maximum absolute atomic E-state index is 13.0. The highest BCUT2D eigenvalue weighted by Gasteiger charge is 2.26. The van der Waals surface area contributed by atoms with E-state index < -0.39 is 20.9 Å². The highest BCUT2D eigenvalue weighted by Crippen LogP contribution is 2.28. The Kier molecular flexibility index (Phi) is 8.42. The van der Waals surface area contributed by atoms with Crippen LogP contribution in [0.3, 0.4) is 0 Å². The third kappa shape index (κ3) is 6.22. The van der Waals surface area contributed by atoms with Crippen molar-refractivity contribution in [2.45, 2.75) is 31.1 Å². The number of nitrogens with one attached hydrogen (secondary N) is 3. The molecule has 1 aliphatic heterocycles. The molecule has 1 fully saturated rings. The van der Waals surface area contributed by atoms with Gasteiger partial charge < -0.3 is 21.1 Å². The van der Waals surface area contributed by atoms with Gasteiger partial charge in [-0.3, -0.25) is 14.9 Å². The van der Waals surface area contributed by atoms with Gasteiger partial charge in [-0.1, -0.05) is 12.5 Å². The second-order valence-electron chi connectivity index (χ2n) is 7.98. The normalized spacial score (nSPS) is 14.4. The molecule has 12 heteroatoms. The van der Waals surface area contributed by atoms with Gasteiger partial charge in [0.15, 0.2) is 0 Å². The lowest BCUT2D eigenvalue weighted by atomic mass is 10.2. The van der Waals surface area contributed by atoms with E-state index in [1.165, 1.54) is 34.6 Å². The number of nitro benzene ring substituents is 1. The Bertz CT molecular complexity index is 1150. The summed E-state index contributed by atoms with van der Waals surface area (Å²) < 4.78 is 27.4. The topological polar surface area (TPSA) is 154 Å². The van der Waals surface area contributed by atoms with Crippen molar-refractivity contribution in [1.82, 2.24) is 4.31 Å². The molecule has 184 valence electrons. The lowest BCUT2D eigenvalue weighted by molar-refractivity contribution is -0.384. The quantitative estimate of drug-likeness (QED) is 0.292. The zero-order valence-electron chi connectivity index (χ0n) is 18.9. The maximum atomic E-state index is 13.0. The fourth-order valence-electron chi connectivity index (χ4n) is 3.66. The smallest absolute Gasteiger partial charge is 0.271 e. The third-order valence-corrected chi connectivity index (χ3v) is 7.41. The molecule has 1 saturated heterocycles. The molecule has 0 spiro atoms. The number of hydrogen-bond acceptors (Lipinski definition) is 8. The van der Waals surface area contributed by atoms with E-state index in [0.717, 1.165) is 19.3 Å². The number of non-ortho nitro benzene ring substituents is 1. The monoisotopic (exact) mass is 491 g/mol. The fourth-order valence-corrected chi connectivity index (χ4v) is 5.20. The summed E-state index contributed by atoms with van der Waals surface area (Å²) in [6.45, 7) is 2.62. The highest BCUT2D eigenvalue weighted by atomic mass is 32.2. The lowest BCUT2D eigenvalue weighted by Gasteiger charge is -2.26. The van der Waals surface area contributed by atoms with Crippen molar-refractivity contribution in [3.63, 3.8) is 0 Å². The minimum absolute atomic E-state index is 0.123. The van der Waals surface area contributed by atoms with Crippen LogP contribution in [-0.4, -0.2) is 61.4 Å². The number of aliphatic hydroxyl groups excluding tert-OH is 1. The van der Waals surface area contributed by atoms with Crippen molar-refractivity contribution >= 4 is 38.7 Å². The summed E-state index contributed by atoms with van der Waals surface area (Å²) in [5.74, 6) is -0.449. The molecule has 0 atom stereocenters. The molecule has 0 saturated carbocycles. The number of anilines is 3. The zero-order chi connectivity index (χ0) is 24.7. The molecule has 1 heterocycles. The van der Waals surface area contributed by atoms with Crippen molar-refractivity contribution < 1.29 is 23.2 Å². The van der Waals surface area contributed by atoms with Gasteiger partial charge >= 0.3 is 0 Å². The lowest BCUT2D eigenvalue weighted by Crippen LogP contribution is -2.35. The Morgan fingerprint density at radius 1 is 1.06 bits per heavy atom. The van der Waals surface area contributed by atoms with E-state index >= 15 is 0 Å². The summed E-state index contributed by atoms with van der Waals surface area (Å²) in [6.07, 6.45) is 2.66. The van der Waals surface area contributed by atoms with Gasteiger partial charge in [-0.25, -0.2) is 8.42 Å². The van der Waals surface area contributed by atoms with Crippen LogP contribution >= 0.6 is 0 Å². The number of piperidine rings is 1. The van der Waals surface area contributed by atoms with Crippen LogP contribution in [-0.2, 0) is 14.8 Å². The Hall–Kier alpha value is -3.22. The van der Waals surface area contributed by atoms with Gasteiger partial charge in [-0.2, -0.15) is 4.31 Å². The molecule has 1 amide bonds. The first kappa shape index (κ1) is 25.4. The Balaban J connectivity index is 1.72. The Morgan fingerprint density at radius 3 is 2.47 bits per heavy atom. The number of amides is 1. The van der Waals surface area contributed by atoms with Crippen LogP contribution in [0.4, 0.5) is 22.7 Å². The molecule has 1 aliphatic rings. The molecule has 11 nitrogen and oxygen atoms in total. The van der Waals surface area contributed by atoms with Gasteiger partial charge in [0.25, 0.3) is 5.69 Å². The van der Waals surface area contributed by atoms with Gasteiger partial charge in [0.1, 0.15) is 0 Å². The average molecular weight is 492 g/mol. The van der Waals surface area contributed by atoms with E-state index in [9.17, 15) is 23.3 Å². The first-order valence-electron chi connectivity index (χ1n) is 11.0. The summed E-state index contributed by atoms with van der Waals surface area (Å²) in [5, 5.41) is 28.7. The molecule has 2 aromatic rings. The average Bonchev–Trinajstić information content (AvgIpc) is 2.83. The number of nitro groups is 1. The minimum atomic E-state index is -3.65. The predicted molar refractivity (Wildman–Crippen MR) is 130 cm³/mol. The van der Waals surface area contributed by atoms with Gasteiger partial charge in [-0.05, 0) is 43.5 Å². The zero-order valence-corrected chi connectivity index (χ0v) is 19.7. The van der Waals surface area contributed by atoms with Crippen LogP contribution in [0.1, 0.15) is 24.8 Å². The number of aryl methyl sites for hydroxylation is 1. The summed E-state index contributed by atoms with van der Waals surface area (Å²) in [7, 11) is -3.65. The van der Waals surface area contributed by atoms with Crippen LogP contribution in [0.2, 0.25) is 0 Å². The van der Waals surface area contributed by atoms with Gasteiger partial charge in [-0.15, -0.1) is 0 Å². The largest absolute Gasteiger partial charge is 0.395 e. The number of benzene rings is 2. The van der Waals surface area contributed by atoms with Crippen molar-refractivity contribution in [2.24, 2.45) is 0 Å². The van der Waals surface area contributed by atoms with Crippen molar-refractivity contribution in [2.75, 3.05) is 48.7 Å². The predicted octanol–water partition coefficient (Wildman–Crippen LogP) is 2.53. The van der Waals surface area contributed by atoms with E-state index in [-0.39, 0.29) is 30.3 Å². The number of sulfonamides is 1.